The molecular formula is C10H21N3O2. The third-order valence-corrected chi connectivity index (χ3v) is 2.62. The molecule has 5 nitrogen and oxygen atoms in total. The highest BCUT2D eigenvalue weighted by molar-refractivity contribution is 5.77. The predicted octanol–water partition coefficient (Wildman–Crippen LogP) is -0.957. The Kier molecular flexibility index (Phi) is 5.60. The lowest BCUT2D eigenvalue weighted by molar-refractivity contribution is -0.122. The van der Waals surface area contributed by atoms with Gasteiger partial charge in [-0.25, -0.2) is 0 Å². The summed E-state index contributed by atoms with van der Waals surface area (Å²) in [7, 11) is 3.65. The van der Waals surface area contributed by atoms with Gasteiger partial charge in [-0.05, 0) is 13.5 Å². The number of likely N-dealkylation sites (N-methyl/N-ethyl adjacent to an activating group) is 1. The number of nitrogens with one attached hydrogen (secondary N) is 2. The molecule has 0 spiro atoms. The molecule has 0 atom stereocenters. The van der Waals surface area contributed by atoms with E-state index in [-0.39, 0.29) is 5.91 Å². The predicted molar refractivity (Wildman–Crippen MR) is 58.8 cm³/mol. The molecule has 0 unspecified atom stereocenters. The van der Waals surface area contributed by atoms with Crippen molar-refractivity contribution < 1.29 is 9.53 Å². The maximum Gasteiger partial charge on any atom is 0.234 e. The highest BCUT2D eigenvalue weighted by Crippen LogP contribution is 2.00. The second-order valence-electron chi connectivity index (χ2n) is 3.92. The van der Waals surface area contributed by atoms with Gasteiger partial charge in [-0.15, -0.1) is 0 Å². The average Bonchev–Trinajstić information content (AvgIpc) is 2.09. The minimum Gasteiger partial charge on any atom is -0.385 e. The van der Waals surface area contributed by atoms with Gasteiger partial charge >= 0.3 is 0 Å². The van der Waals surface area contributed by atoms with E-state index in [0.29, 0.717) is 25.7 Å². The van der Waals surface area contributed by atoms with Gasteiger partial charge in [0.15, 0.2) is 0 Å². The van der Waals surface area contributed by atoms with Gasteiger partial charge in [0, 0.05) is 39.4 Å². The van der Waals surface area contributed by atoms with Crippen molar-refractivity contribution in [1.82, 2.24) is 15.5 Å². The molecular weight excluding hydrogens is 194 g/mol. The molecule has 1 heterocycles. The van der Waals surface area contributed by atoms with Crippen molar-refractivity contribution in [2.45, 2.75) is 12.5 Å². The summed E-state index contributed by atoms with van der Waals surface area (Å²) >= 11 is 0. The van der Waals surface area contributed by atoms with Crippen molar-refractivity contribution >= 4 is 5.91 Å². The van der Waals surface area contributed by atoms with Crippen molar-refractivity contribution in [2.24, 2.45) is 0 Å². The topological polar surface area (TPSA) is 53.6 Å². The molecule has 0 radical (unpaired) electrons. The number of nitrogens with zero attached hydrogens (tertiary/aromatic N) is 1. The SMILES string of the molecule is COCCCNC(=O)CN(C)C1CNC1. The average molecular weight is 215 g/mol. The number of carbonyl (C=O) groups excluding carboxylic acids is 1. The minimum absolute atomic E-state index is 0.0977. The lowest BCUT2D eigenvalue weighted by Gasteiger charge is -2.35. The highest BCUT2D eigenvalue weighted by Gasteiger charge is 2.22. The second kappa shape index (κ2) is 6.76. The molecule has 1 rings (SSSR count). The van der Waals surface area contributed by atoms with Gasteiger partial charge in [-0.2, -0.15) is 0 Å². The molecule has 0 aromatic rings. The van der Waals surface area contributed by atoms with Gasteiger partial charge in [0.1, 0.15) is 0 Å². The Bertz CT molecular complexity index is 195. The van der Waals surface area contributed by atoms with Crippen LogP contribution in [0.3, 0.4) is 0 Å². The Morgan fingerprint density at radius 3 is 2.87 bits per heavy atom. The van der Waals surface area contributed by atoms with E-state index in [0.717, 1.165) is 19.5 Å². The van der Waals surface area contributed by atoms with Gasteiger partial charge in [-0.3, -0.25) is 9.69 Å². The molecule has 1 aliphatic heterocycles. The van der Waals surface area contributed by atoms with E-state index in [1.54, 1.807) is 7.11 Å². The maximum atomic E-state index is 11.4. The highest BCUT2D eigenvalue weighted by atomic mass is 16.5. The first-order valence-electron chi connectivity index (χ1n) is 5.40. The summed E-state index contributed by atoms with van der Waals surface area (Å²) in [6.07, 6.45) is 0.872. The summed E-state index contributed by atoms with van der Waals surface area (Å²) in [5.74, 6) is 0.0977. The minimum atomic E-state index is 0.0977. The molecule has 88 valence electrons. The zero-order valence-electron chi connectivity index (χ0n) is 9.58. The number of rotatable bonds is 7. The Labute approximate surface area is 91.2 Å². The summed E-state index contributed by atoms with van der Waals surface area (Å²) in [6, 6.07) is 0.523. The third kappa shape index (κ3) is 4.59. The summed E-state index contributed by atoms with van der Waals surface area (Å²) in [4.78, 5) is 13.5. The molecule has 0 aromatic heterocycles. The number of hydrogen-bond acceptors (Lipinski definition) is 4. The Morgan fingerprint density at radius 2 is 2.33 bits per heavy atom. The van der Waals surface area contributed by atoms with Crippen LogP contribution in [0.2, 0.25) is 0 Å². The van der Waals surface area contributed by atoms with Gasteiger partial charge in [0.2, 0.25) is 5.91 Å². The molecule has 2 N–H and O–H groups in total. The number of ether oxygens (including phenoxy) is 1. The smallest absolute Gasteiger partial charge is 0.234 e. The lowest BCUT2D eigenvalue weighted by atomic mass is 10.1. The summed E-state index contributed by atoms with van der Waals surface area (Å²) in [6.45, 7) is 3.87. The Balaban J connectivity index is 2.01. The van der Waals surface area contributed by atoms with Crippen LogP contribution in [-0.2, 0) is 9.53 Å². The van der Waals surface area contributed by atoms with E-state index in [1.807, 2.05) is 7.05 Å². The molecule has 1 aliphatic rings. The van der Waals surface area contributed by atoms with Crippen LogP contribution in [0.15, 0.2) is 0 Å². The number of methoxy groups -OCH3 is 1. The summed E-state index contributed by atoms with van der Waals surface area (Å²) in [5.41, 5.74) is 0. The third-order valence-electron chi connectivity index (χ3n) is 2.62. The van der Waals surface area contributed by atoms with Crippen LogP contribution >= 0.6 is 0 Å². The zero-order valence-corrected chi connectivity index (χ0v) is 9.58. The van der Waals surface area contributed by atoms with E-state index in [4.69, 9.17) is 4.74 Å². The van der Waals surface area contributed by atoms with Crippen LogP contribution in [0.1, 0.15) is 6.42 Å². The van der Waals surface area contributed by atoms with Gasteiger partial charge in [-0.1, -0.05) is 0 Å². The summed E-state index contributed by atoms with van der Waals surface area (Å²) < 4.78 is 4.90. The van der Waals surface area contributed by atoms with Gasteiger partial charge < -0.3 is 15.4 Å². The fourth-order valence-corrected chi connectivity index (χ4v) is 1.44. The number of hydrogen-bond donors (Lipinski definition) is 2. The van der Waals surface area contributed by atoms with E-state index >= 15 is 0 Å². The van der Waals surface area contributed by atoms with Crippen LogP contribution in [0.4, 0.5) is 0 Å². The van der Waals surface area contributed by atoms with E-state index in [1.165, 1.54) is 0 Å². The fraction of sp³-hybridized carbons (Fsp3) is 0.900. The van der Waals surface area contributed by atoms with Crippen LogP contribution in [-0.4, -0.2) is 63.8 Å². The molecule has 15 heavy (non-hydrogen) atoms. The van der Waals surface area contributed by atoms with Crippen molar-refractivity contribution in [2.75, 3.05) is 46.9 Å². The maximum absolute atomic E-state index is 11.4. The molecule has 0 aromatic carbocycles. The molecule has 0 bridgehead atoms. The molecule has 1 amide bonds. The van der Waals surface area contributed by atoms with Crippen molar-refractivity contribution in [3.8, 4) is 0 Å². The van der Waals surface area contributed by atoms with E-state index < -0.39 is 0 Å². The fourth-order valence-electron chi connectivity index (χ4n) is 1.44. The van der Waals surface area contributed by atoms with Crippen molar-refractivity contribution in [1.29, 1.82) is 0 Å². The molecule has 1 fully saturated rings. The van der Waals surface area contributed by atoms with Crippen LogP contribution in [0.25, 0.3) is 0 Å². The van der Waals surface area contributed by atoms with Crippen LogP contribution < -0.4 is 10.6 Å². The lowest BCUT2D eigenvalue weighted by Crippen LogP contribution is -2.57. The molecule has 5 heteroatoms. The van der Waals surface area contributed by atoms with E-state index in [9.17, 15) is 4.79 Å². The Morgan fingerprint density at radius 1 is 1.60 bits per heavy atom. The number of amides is 1. The quantitative estimate of drug-likeness (QED) is 0.537. The first-order chi connectivity index (χ1) is 7.24. The van der Waals surface area contributed by atoms with Crippen LogP contribution in [0, 0.1) is 0 Å². The molecule has 0 saturated carbocycles. The van der Waals surface area contributed by atoms with Crippen LogP contribution in [0.5, 0.6) is 0 Å². The first kappa shape index (κ1) is 12.4. The molecule has 1 saturated heterocycles. The van der Waals surface area contributed by atoms with Crippen molar-refractivity contribution in [3.05, 3.63) is 0 Å². The summed E-state index contributed by atoms with van der Waals surface area (Å²) in [5, 5.41) is 6.06. The zero-order chi connectivity index (χ0) is 11.1. The standard InChI is InChI=1S/C10H21N3O2/c1-13(9-6-11-7-9)8-10(14)12-4-3-5-15-2/h9,11H,3-8H2,1-2H3,(H,12,14). The van der Waals surface area contributed by atoms with Crippen molar-refractivity contribution in [3.63, 3.8) is 0 Å². The first-order valence-corrected chi connectivity index (χ1v) is 5.40. The van der Waals surface area contributed by atoms with Gasteiger partial charge in [0.25, 0.3) is 0 Å². The second-order valence-corrected chi connectivity index (χ2v) is 3.92. The number of carbonyl (C=O) groups is 1. The Hall–Kier alpha value is -0.650. The monoisotopic (exact) mass is 215 g/mol. The largest absolute Gasteiger partial charge is 0.385 e. The van der Waals surface area contributed by atoms with E-state index in [2.05, 4.69) is 15.5 Å². The van der Waals surface area contributed by atoms with Gasteiger partial charge in [0.05, 0.1) is 6.54 Å². The molecule has 0 aliphatic carbocycles. The normalized spacial score (nSPS) is 16.5.